The monoisotopic (exact) mass is 260 g/mol. The highest BCUT2D eigenvalue weighted by molar-refractivity contribution is 6.30. The van der Waals surface area contributed by atoms with Gasteiger partial charge in [-0.2, -0.15) is 0 Å². The number of carbonyl (C=O) groups is 2. The molecular weight excluding hydrogens is 240 g/mol. The van der Waals surface area contributed by atoms with E-state index < -0.39 is 5.41 Å². The van der Waals surface area contributed by atoms with Crippen molar-refractivity contribution in [3.05, 3.63) is 28.3 Å². The molecule has 0 saturated carbocycles. The molecule has 19 heavy (non-hydrogen) atoms. The van der Waals surface area contributed by atoms with E-state index in [0.29, 0.717) is 29.7 Å². The number of hydrogen-bond acceptors (Lipinski definition) is 3. The van der Waals surface area contributed by atoms with Crippen molar-refractivity contribution in [1.82, 2.24) is 0 Å². The summed E-state index contributed by atoms with van der Waals surface area (Å²) in [5, 5.41) is 0. The molecule has 0 aliphatic heterocycles. The third-order valence-corrected chi connectivity index (χ3v) is 4.62. The number of ether oxygens (including phenoxy) is 1. The number of Topliss-reactive ketones (excluding diaryl/α,β-unsaturated/α-hetero) is 2. The van der Waals surface area contributed by atoms with Crippen LogP contribution in [0.25, 0.3) is 0 Å². The van der Waals surface area contributed by atoms with Gasteiger partial charge in [-0.25, -0.2) is 0 Å². The van der Waals surface area contributed by atoms with E-state index in [1.807, 2.05) is 27.7 Å². The summed E-state index contributed by atoms with van der Waals surface area (Å²) in [6, 6.07) is 1.73. The molecule has 1 aromatic rings. The van der Waals surface area contributed by atoms with Crippen molar-refractivity contribution in [1.29, 1.82) is 0 Å². The number of benzene rings is 1. The SMILES string of the molecule is CCC1(CC)C(=O)c2cc(OC)c(C)c(C)c2C1=O. The minimum atomic E-state index is -0.855. The molecule has 0 bridgehead atoms. The summed E-state index contributed by atoms with van der Waals surface area (Å²) in [4.78, 5) is 25.3. The van der Waals surface area contributed by atoms with Crippen LogP contribution in [0.1, 0.15) is 58.5 Å². The van der Waals surface area contributed by atoms with Crippen LogP contribution in [-0.4, -0.2) is 18.7 Å². The van der Waals surface area contributed by atoms with Gasteiger partial charge in [0.1, 0.15) is 5.75 Å². The first-order chi connectivity index (χ1) is 8.94. The van der Waals surface area contributed by atoms with Gasteiger partial charge in [-0.15, -0.1) is 0 Å². The first kappa shape index (κ1) is 13.8. The van der Waals surface area contributed by atoms with Gasteiger partial charge in [-0.1, -0.05) is 13.8 Å². The average Bonchev–Trinajstić information content (AvgIpc) is 2.63. The van der Waals surface area contributed by atoms with Crippen molar-refractivity contribution in [3.63, 3.8) is 0 Å². The molecule has 3 nitrogen and oxygen atoms in total. The van der Waals surface area contributed by atoms with E-state index in [1.165, 1.54) is 0 Å². The number of methoxy groups -OCH3 is 1. The largest absolute Gasteiger partial charge is 0.496 e. The fourth-order valence-corrected chi connectivity index (χ4v) is 3.06. The molecule has 0 atom stereocenters. The second-order valence-corrected chi connectivity index (χ2v) is 5.20. The van der Waals surface area contributed by atoms with E-state index in [1.54, 1.807) is 13.2 Å². The molecule has 0 heterocycles. The quantitative estimate of drug-likeness (QED) is 0.781. The molecule has 1 aliphatic rings. The minimum Gasteiger partial charge on any atom is -0.496 e. The summed E-state index contributed by atoms with van der Waals surface area (Å²) < 4.78 is 5.31. The lowest BCUT2D eigenvalue weighted by atomic mass is 9.77. The van der Waals surface area contributed by atoms with Crippen LogP contribution in [0.4, 0.5) is 0 Å². The zero-order valence-corrected chi connectivity index (χ0v) is 12.2. The van der Waals surface area contributed by atoms with Crippen molar-refractivity contribution >= 4 is 11.6 Å². The molecule has 0 radical (unpaired) electrons. The first-order valence-electron chi connectivity index (χ1n) is 6.72. The number of fused-ring (bicyclic) bond motifs is 1. The van der Waals surface area contributed by atoms with Crippen molar-refractivity contribution in [2.24, 2.45) is 5.41 Å². The van der Waals surface area contributed by atoms with E-state index >= 15 is 0 Å². The van der Waals surface area contributed by atoms with Gasteiger partial charge < -0.3 is 4.74 Å². The summed E-state index contributed by atoms with van der Waals surface area (Å²) >= 11 is 0. The summed E-state index contributed by atoms with van der Waals surface area (Å²) in [6.45, 7) is 7.63. The van der Waals surface area contributed by atoms with Crippen LogP contribution in [0.15, 0.2) is 6.07 Å². The molecule has 0 spiro atoms. The number of rotatable bonds is 3. The molecule has 2 rings (SSSR count). The highest BCUT2D eigenvalue weighted by Gasteiger charge is 2.51. The second kappa shape index (κ2) is 4.48. The van der Waals surface area contributed by atoms with Gasteiger partial charge >= 0.3 is 0 Å². The molecule has 0 saturated heterocycles. The van der Waals surface area contributed by atoms with Gasteiger partial charge in [0.2, 0.25) is 0 Å². The molecule has 3 heteroatoms. The van der Waals surface area contributed by atoms with E-state index in [9.17, 15) is 9.59 Å². The Morgan fingerprint density at radius 1 is 1.05 bits per heavy atom. The van der Waals surface area contributed by atoms with Gasteiger partial charge in [0.15, 0.2) is 11.6 Å². The predicted molar refractivity (Wildman–Crippen MR) is 74.1 cm³/mol. The van der Waals surface area contributed by atoms with Gasteiger partial charge in [0.25, 0.3) is 0 Å². The Labute approximate surface area is 114 Å². The molecule has 0 fully saturated rings. The van der Waals surface area contributed by atoms with Gasteiger partial charge in [0.05, 0.1) is 12.5 Å². The summed E-state index contributed by atoms with van der Waals surface area (Å²) in [6.07, 6.45) is 1.10. The van der Waals surface area contributed by atoms with Crippen LogP contribution in [0, 0.1) is 19.3 Å². The molecule has 0 unspecified atom stereocenters. The second-order valence-electron chi connectivity index (χ2n) is 5.20. The lowest BCUT2D eigenvalue weighted by Crippen LogP contribution is -2.31. The van der Waals surface area contributed by atoms with Crippen molar-refractivity contribution in [2.75, 3.05) is 7.11 Å². The van der Waals surface area contributed by atoms with Crippen molar-refractivity contribution in [2.45, 2.75) is 40.5 Å². The zero-order valence-electron chi connectivity index (χ0n) is 12.2. The summed E-state index contributed by atoms with van der Waals surface area (Å²) in [5.41, 5.74) is 2.09. The third kappa shape index (κ3) is 1.57. The van der Waals surface area contributed by atoms with Crippen LogP contribution in [0.2, 0.25) is 0 Å². The highest BCUT2D eigenvalue weighted by Crippen LogP contribution is 2.45. The Kier molecular flexibility index (Phi) is 3.25. The Balaban J connectivity index is 2.77. The molecular formula is C16H20O3. The summed E-state index contributed by atoms with van der Waals surface area (Å²) in [5.74, 6) is 0.625. The highest BCUT2D eigenvalue weighted by atomic mass is 16.5. The summed E-state index contributed by atoms with van der Waals surface area (Å²) in [7, 11) is 1.59. The topological polar surface area (TPSA) is 43.4 Å². The average molecular weight is 260 g/mol. The maximum absolute atomic E-state index is 12.7. The van der Waals surface area contributed by atoms with Crippen LogP contribution < -0.4 is 4.74 Å². The number of carbonyl (C=O) groups excluding carboxylic acids is 2. The van der Waals surface area contributed by atoms with E-state index in [4.69, 9.17) is 4.74 Å². The van der Waals surface area contributed by atoms with Crippen LogP contribution in [0.5, 0.6) is 5.75 Å². The smallest absolute Gasteiger partial charge is 0.177 e. The molecule has 1 aromatic carbocycles. The lowest BCUT2D eigenvalue weighted by molar-refractivity contribution is 0.0682. The Morgan fingerprint density at radius 3 is 2.11 bits per heavy atom. The molecule has 102 valence electrons. The molecule has 0 N–H and O–H groups in total. The Hall–Kier alpha value is -1.64. The van der Waals surface area contributed by atoms with E-state index in [2.05, 4.69) is 0 Å². The maximum atomic E-state index is 12.7. The van der Waals surface area contributed by atoms with Crippen LogP contribution in [-0.2, 0) is 0 Å². The number of hydrogen-bond donors (Lipinski definition) is 0. The number of ketones is 2. The molecule has 0 amide bonds. The lowest BCUT2D eigenvalue weighted by Gasteiger charge is -2.21. The van der Waals surface area contributed by atoms with Crippen LogP contribution in [0.3, 0.4) is 0 Å². The molecule has 0 aromatic heterocycles. The van der Waals surface area contributed by atoms with Gasteiger partial charge in [-0.3, -0.25) is 9.59 Å². The maximum Gasteiger partial charge on any atom is 0.177 e. The Morgan fingerprint density at radius 2 is 1.63 bits per heavy atom. The Bertz CT molecular complexity index is 566. The fourth-order valence-electron chi connectivity index (χ4n) is 3.06. The van der Waals surface area contributed by atoms with E-state index in [-0.39, 0.29) is 11.6 Å². The minimum absolute atomic E-state index is 0.0132. The van der Waals surface area contributed by atoms with Crippen molar-refractivity contribution in [3.8, 4) is 5.75 Å². The predicted octanol–water partition coefficient (Wildman–Crippen LogP) is 3.50. The normalized spacial score (nSPS) is 16.7. The van der Waals surface area contributed by atoms with Crippen molar-refractivity contribution < 1.29 is 14.3 Å². The van der Waals surface area contributed by atoms with Gasteiger partial charge in [0, 0.05) is 11.1 Å². The van der Waals surface area contributed by atoms with Crippen LogP contribution >= 0.6 is 0 Å². The fraction of sp³-hybridized carbons (Fsp3) is 0.500. The molecule has 1 aliphatic carbocycles. The van der Waals surface area contributed by atoms with Gasteiger partial charge in [-0.05, 0) is 43.9 Å². The third-order valence-electron chi connectivity index (χ3n) is 4.62. The standard InChI is InChI=1S/C16H20O3/c1-6-16(7-2)14(17)11-8-12(19-5)9(3)10(4)13(11)15(16)18/h8H,6-7H2,1-5H3. The first-order valence-corrected chi connectivity index (χ1v) is 6.72. The zero-order chi connectivity index (χ0) is 14.4. The van der Waals surface area contributed by atoms with E-state index in [0.717, 1.165) is 11.1 Å².